The second-order valence-corrected chi connectivity index (χ2v) is 6.21. The third-order valence-electron chi connectivity index (χ3n) is 4.18. The highest BCUT2D eigenvalue weighted by Crippen LogP contribution is 2.57. The zero-order chi connectivity index (χ0) is 11.2. The van der Waals surface area contributed by atoms with Crippen LogP contribution in [0.4, 0.5) is 0 Å². The fraction of sp³-hybridized carbons (Fsp3) is 0.750. The van der Waals surface area contributed by atoms with Crippen molar-refractivity contribution in [3.8, 4) is 5.75 Å². The lowest BCUT2D eigenvalue weighted by Gasteiger charge is -2.51. The number of hydrogen-bond acceptors (Lipinski definition) is 2. The number of halogens is 1. The van der Waals surface area contributed by atoms with Gasteiger partial charge < -0.3 is 4.74 Å². The second-order valence-electron chi connectivity index (χ2n) is 5.10. The first-order valence-corrected chi connectivity index (χ1v) is 6.92. The lowest BCUT2D eigenvalue weighted by Crippen LogP contribution is -2.55. The summed E-state index contributed by atoms with van der Waals surface area (Å²) in [6.45, 7) is 0. The number of ether oxygens (including phenoxy) is 1. The van der Waals surface area contributed by atoms with Crippen molar-refractivity contribution in [1.82, 2.24) is 9.78 Å². The van der Waals surface area contributed by atoms with Crippen molar-refractivity contribution in [3.63, 3.8) is 0 Å². The van der Waals surface area contributed by atoms with E-state index in [2.05, 4.69) is 21.0 Å². The highest BCUT2D eigenvalue weighted by Gasteiger charge is 2.56. The molecular formula is C12H17BrN2O. The van der Waals surface area contributed by atoms with Gasteiger partial charge in [-0.05, 0) is 19.3 Å². The van der Waals surface area contributed by atoms with E-state index in [0.29, 0.717) is 16.3 Å². The summed E-state index contributed by atoms with van der Waals surface area (Å²) in [4.78, 5) is 0.657. The third kappa shape index (κ3) is 1.50. The second kappa shape index (κ2) is 3.76. The van der Waals surface area contributed by atoms with Crippen LogP contribution in [0.2, 0.25) is 0 Å². The van der Waals surface area contributed by atoms with Crippen LogP contribution < -0.4 is 4.74 Å². The molecule has 1 spiro atoms. The van der Waals surface area contributed by atoms with Crippen molar-refractivity contribution >= 4 is 15.9 Å². The monoisotopic (exact) mass is 284 g/mol. The molecule has 1 aromatic heterocycles. The predicted molar refractivity (Wildman–Crippen MR) is 65.9 cm³/mol. The molecule has 1 aromatic rings. The molecule has 1 heterocycles. The van der Waals surface area contributed by atoms with E-state index in [9.17, 15) is 0 Å². The van der Waals surface area contributed by atoms with Crippen molar-refractivity contribution < 1.29 is 4.74 Å². The number of nitrogens with zero attached hydrogens (tertiary/aromatic N) is 2. The minimum atomic E-state index is 0.392. The van der Waals surface area contributed by atoms with E-state index >= 15 is 0 Å². The minimum absolute atomic E-state index is 0.392. The lowest BCUT2D eigenvalue weighted by molar-refractivity contribution is -0.0304. The molecule has 2 unspecified atom stereocenters. The van der Waals surface area contributed by atoms with E-state index in [4.69, 9.17) is 4.74 Å². The van der Waals surface area contributed by atoms with E-state index < -0.39 is 0 Å². The Morgan fingerprint density at radius 1 is 1.50 bits per heavy atom. The van der Waals surface area contributed by atoms with Gasteiger partial charge in [0.25, 0.3) is 0 Å². The average Bonchev–Trinajstić information content (AvgIpc) is 2.87. The van der Waals surface area contributed by atoms with Gasteiger partial charge in [0, 0.05) is 17.3 Å². The van der Waals surface area contributed by atoms with Gasteiger partial charge in [0.15, 0.2) is 5.75 Å². The number of aryl methyl sites for hydroxylation is 1. The van der Waals surface area contributed by atoms with Gasteiger partial charge in [-0.1, -0.05) is 28.8 Å². The van der Waals surface area contributed by atoms with Crippen molar-refractivity contribution in [1.29, 1.82) is 0 Å². The van der Waals surface area contributed by atoms with Crippen LogP contribution in [0.5, 0.6) is 5.75 Å². The van der Waals surface area contributed by atoms with Crippen LogP contribution in [0.25, 0.3) is 0 Å². The maximum Gasteiger partial charge on any atom is 0.157 e. The Bertz CT molecular complexity index is 384. The van der Waals surface area contributed by atoms with Gasteiger partial charge in [-0.3, -0.25) is 4.68 Å². The Morgan fingerprint density at radius 3 is 2.81 bits per heavy atom. The first-order chi connectivity index (χ1) is 7.71. The molecule has 0 radical (unpaired) electrons. The first kappa shape index (κ1) is 10.6. The van der Waals surface area contributed by atoms with E-state index in [0.717, 1.165) is 12.2 Å². The van der Waals surface area contributed by atoms with Gasteiger partial charge in [-0.15, -0.1) is 0 Å². The van der Waals surface area contributed by atoms with Gasteiger partial charge in [0.1, 0.15) is 6.10 Å². The normalized spacial score (nSPS) is 31.6. The SMILES string of the molecule is Cn1cc(OC2CC(Br)C23CCCC3)cn1. The summed E-state index contributed by atoms with van der Waals surface area (Å²) >= 11 is 3.80. The molecule has 0 aliphatic heterocycles. The smallest absolute Gasteiger partial charge is 0.157 e. The Morgan fingerprint density at radius 2 is 2.25 bits per heavy atom. The Kier molecular flexibility index (Phi) is 2.50. The summed E-state index contributed by atoms with van der Waals surface area (Å²) in [6.07, 6.45) is 10.6. The molecule has 4 heteroatoms. The van der Waals surface area contributed by atoms with E-state index in [1.54, 1.807) is 4.68 Å². The zero-order valence-corrected chi connectivity index (χ0v) is 11.1. The Hall–Kier alpha value is -0.510. The van der Waals surface area contributed by atoms with Gasteiger partial charge in [0.05, 0.1) is 12.4 Å². The predicted octanol–water partition coefficient (Wildman–Crippen LogP) is 2.90. The first-order valence-electron chi connectivity index (χ1n) is 6.00. The Balaban J connectivity index is 1.72. The molecule has 16 heavy (non-hydrogen) atoms. The fourth-order valence-electron chi connectivity index (χ4n) is 3.16. The van der Waals surface area contributed by atoms with Crippen molar-refractivity contribution in [2.75, 3.05) is 0 Å². The largest absolute Gasteiger partial charge is 0.486 e. The van der Waals surface area contributed by atoms with Crippen molar-refractivity contribution in [2.24, 2.45) is 12.5 Å². The highest BCUT2D eigenvalue weighted by atomic mass is 79.9. The molecule has 88 valence electrons. The fourth-order valence-corrected chi connectivity index (χ4v) is 4.25. The maximum absolute atomic E-state index is 6.07. The molecule has 0 aromatic carbocycles. The van der Waals surface area contributed by atoms with Gasteiger partial charge in [-0.2, -0.15) is 5.10 Å². The molecule has 0 saturated heterocycles. The topological polar surface area (TPSA) is 27.1 Å². The summed E-state index contributed by atoms with van der Waals surface area (Å²) < 4.78 is 7.86. The van der Waals surface area contributed by atoms with Crippen LogP contribution in [0, 0.1) is 5.41 Å². The van der Waals surface area contributed by atoms with Gasteiger partial charge in [-0.25, -0.2) is 0 Å². The number of hydrogen-bond donors (Lipinski definition) is 0. The summed E-state index contributed by atoms with van der Waals surface area (Å²) in [7, 11) is 1.92. The van der Waals surface area contributed by atoms with Crippen molar-refractivity contribution in [2.45, 2.75) is 43.0 Å². The molecule has 0 amide bonds. The molecular weight excluding hydrogens is 268 g/mol. The molecule has 2 aliphatic rings. The summed E-state index contributed by atoms with van der Waals surface area (Å²) in [6, 6.07) is 0. The summed E-state index contributed by atoms with van der Waals surface area (Å²) in [5.74, 6) is 0.915. The molecule has 2 saturated carbocycles. The summed E-state index contributed by atoms with van der Waals surface area (Å²) in [5.41, 5.74) is 0.413. The lowest BCUT2D eigenvalue weighted by atomic mass is 9.64. The van der Waals surface area contributed by atoms with Crippen LogP contribution in [-0.4, -0.2) is 20.7 Å². The molecule has 2 atom stereocenters. The molecule has 0 bridgehead atoms. The molecule has 0 N–H and O–H groups in total. The van der Waals surface area contributed by atoms with Crippen LogP contribution in [0.15, 0.2) is 12.4 Å². The quantitative estimate of drug-likeness (QED) is 0.781. The maximum atomic E-state index is 6.07. The highest BCUT2D eigenvalue weighted by molar-refractivity contribution is 9.09. The van der Waals surface area contributed by atoms with E-state index in [-0.39, 0.29) is 0 Å². The zero-order valence-electron chi connectivity index (χ0n) is 9.53. The van der Waals surface area contributed by atoms with Crippen LogP contribution >= 0.6 is 15.9 Å². The number of aromatic nitrogens is 2. The number of rotatable bonds is 2. The molecule has 2 fully saturated rings. The van der Waals surface area contributed by atoms with Crippen LogP contribution in [0.1, 0.15) is 32.1 Å². The molecule has 3 rings (SSSR count). The van der Waals surface area contributed by atoms with Gasteiger partial charge in [0.2, 0.25) is 0 Å². The van der Waals surface area contributed by atoms with E-state index in [1.165, 1.54) is 25.7 Å². The van der Waals surface area contributed by atoms with Crippen molar-refractivity contribution in [3.05, 3.63) is 12.4 Å². The minimum Gasteiger partial charge on any atom is -0.486 e. The van der Waals surface area contributed by atoms with Gasteiger partial charge >= 0.3 is 0 Å². The molecule has 3 nitrogen and oxygen atoms in total. The average molecular weight is 285 g/mol. The number of alkyl halides is 1. The van der Waals surface area contributed by atoms with Crippen LogP contribution in [-0.2, 0) is 7.05 Å². The third-order valence-corrected chi connectivity index (χ3v) is 5.47. The van der Waals surface area contributed by atoms with E-state index in [1.807, 2.05) is 19.4 Å². The summed E-state index contributed by atoms with van der Waals surface area (Å²) in [5, 5.41) is 4.14. The Labute approximate surface area is 104 Å². The van der Waals surface area contributed by atoms with Crippen LogP contribution in [0.3, 0.4) is 0 Å². The molecule has 2 aliphatic carbocycles. The standard InChI is InChI=1S/C12H17BrN2O/c1-15-8-9(7-14-15)16-11-6-10(13)12(11)4-2-3-5-12/h7-8,10-11H,2-6H2,1H3.